The molecular formula is C13H14BrNO4. The number of methoxy groups -OCH3 is 1. The first kappa shape index (κ1) is 15.2. The van der Waals surface area contributed by atoms with Crippen LogP contribution in [0.25, 0.3) is 6.08 Å². The number of carboxylic acids is 1. The predicted molar refractivity (Wildman–Crippen MR) is 75.0 cm³/mol. The van der Waals surface area contributed by atoms with Crippen molar-refractivity contribution in [1.29, 1.82) is 0 Å². The molecule has 0 radical (unpaired) electrons. The molecule has 0 aliphatic rings. The average molecular weight is 328 g/mol. The van der Waals surface area contributed by atoms with Crippen LogP contribution in [0.3, 0.4) is 0 Å². The molecule has 5 nitrogen and oxygen atoms in total. The van der Waals surface area contributed by atoms with E-state index in [0.717, 1.165) is 10.0 Å². The second-order valence-electron chi connectivity index (χ2n) is 3.80. The van der Waals surface area contributed by atoms with Crippen molar-refractivity contribution in [2.75, 3.05) is 7.11 Å². The summed E-state index contributed by atoms with van der Waals surface area (Å²) >= 11 is 3.34. The van der Waals surface area contributed by atoms with Crippen LogP contribution in [0, 0.1) is 0 Å². The molecule has 0 unspecified atom stereocenters. The molecule has 0 spiro atoms. The molecule has 19 heavy (non-hydrogen) atoms. The number of carbonyl (C=O) groups is 2. The highest BCUT2D eigenvalue weighted by molar-refractivity contribution is 9.10. The van der Waals surface area contributed by atoms with E-state index in [1.54, 1.807) is 31.4 Å². The summed E-state index contributed by atoms with van der Waals surface area (Å²) in [5.41, 5.74) is 0.797. The maximum atomic E-state index is 11.4. The number of benzene rings is 1. The Bertz CT molecular complexity index is 513. The average Bonchev–Trinajstić information content (AvgIpc) is 2.36. The van der Waals surface area contributed by atoms with E-state index in [9.17, 15) is 9.59 Å². The highest BCUT2D eigenvalue weighted by Crippen LogP contribution is 2.25. The fourth-order valence-electron chi connectivity index (χ4n) is 1.28. The van der Waals surface area contributed by atoms with Gasteiger partial charge in [0.15, 0.2) is 0 Å². The summed E-state index contributed by atoms with van der Waals surface area (Å²) in [6, 6.07) is 4.43. The van der Waals surface area contributed by atoms with Gasteiger partial charge in [0.05, 0.1) is 11.6 Å². The fraction of sp³-hybridized carbons (Fsp3) is 0.231. The fourth-order valence-corrected chi connectivity index (χ4v) is 1.84. The Morgan fingerprint density at radius 2 is 2.16 bits per heavy atom. The SMILES string of the molecule is COc1ccc(/C=C/C(=O)N[C@H](C)C(=O)O)cc1Br. The van der Waals surface area contributed by atoms with Gasteiger partial charge in [-0.15, -0.1) is 0 Å². The van der Waals surface area contributed by atoms with E-state index in [2.05, 4.69) is 21.2 Å². The van der Waals surface area contributed by atoms with Crippen molar-refractivity contribution in [1.82, 2.24) is 5.32 Å². The normalized spacial score (nSPS) is 12.2. The van der Waals surface area contributed by atoms with Crippen molar-refractivity contribution >= 4 is 33.9 Å². The smallest absolute Gasteiger partial charge is 0.325 e. The Kier molecular flexibility index (Phi) is 5.57. The molecule has 1 aromatic rings. The van der Waals surface area contributed by atoms with Crippen molar-refractivity contribution in [3.8, 4) is 5.75 Å². The van der Waals surface area contributed by atoms with E-state index in [4.69, 9.17) is 9.84 Å². The van der Waals surface area contributed by atoms with E-state index in [1.807, 2.05) is 0 Å². The summed E-state index contributed by atoms with van der Waals surface area (Å²) in [5.74, 6) is -0.836. The topological polar surface area (TPSA) is 75.6 Å². The maximum Gasteiger partial charge on any atom is 0.325 e. The van der Waals surface area contributed by atoms with Gasteiger partial charge in [-0.2, -0.15) is 0 Å². The quantitative estimate of drug-likeness (QED) is 0.812. The van der Waals surface area contributed by atoms with Gasteiger partial charge < -0.3 is 15.2 Å². The molecule has 1 rings (SSSR count). The van der Waals surface area contributed by atoms with E-state index in [1.165, 1.54) is 13.0 Å². The van der Waals surface area contributed by atoms with Crippen molar-refractivity contribution < 1.29 is 19.4 Å². The van der Waals surface area contributed by atoms with Gasteiger partial charge in [0.2, 0.25) is 5.91 Å². The number of rotatable bonds is 5. The third-order valence-corrected chi connectivity index (χ3v) is 2.95. The molecular weight excluding hydrogens is 314 g/mol. The number of hydrogen-bond acceptors (Lipinski definition) is 3. The van der Waals surface area contributed by atoms with Crippen molar-refractivity contribution in [2.24, 2.45) is 0 Å². The summed E-state index contributed by atoms with van der Waals surface area (Å²) < 4.78 is 5.86. The van der Waals surface area contributed by atoms with Gasteiger partial charge >= 0.3 is 5.97 Å². The third-order valence-electron chi connectivity index (χ3n) is 2.33. The molecule has 6 heteroatoms. The van der Waals surface area contributed by atoms with Gasteiger partial charge in [-0.25, -0.2) is 0 Å². The lowest BCUT2D eigenvalue weighted by Gasteiger charge is -2.06. The minimum atomic E-state index is -1.08. The third kappa shape index (κ3) is 4.75. The molecule has 1 amide bonds. The van der Waals surface area contributed by atoms with Crippen LogP contribution in [0.1, 0.15) is 12.5 Å². The molecule has 1 aromatic carbocycles. The summed E-state index contributed by atoms with van der Waals surface area (Å²) in [7, 11) is 1.57. The molecule has 0 fully saturated rings. The zero-order chi connectivity index (χ0) is 14.4. The standard InChI is InChI=1S/C13H14BrNO4/c1-8(13(17)18)15-12(16)6-4-9-3-5-11(19-2)10(14)7-9/h3-8H,1-2H3,(H,15,16)(H,17,18)/b6-4+/t8-/m1/s1. The van der Waals surface area contributed by atoms with Gasteiger partial charge in [0, 0.05) is 6.08 Å². The zero-order valence-electron chi connectivity index (χ0n) is 10.5. The molecule has 0 saturated carbocycles. The first-order chi connectivity index (χ1) is 8.93. The van der Waals surface area contributed by atoms with Crippen LogP contribution in [0.4, 0.5) is 0 Å². The Balaban J connectivity index is 2.68. The molecule has 2 N–H and O–H groups in total. The number of carbonyl (C=O) groups excluding carboxylic acids is 1. The van der Waals surface area contributed by atoms with E-state index < -0.39 is 17.9 Å². The first-order valence-corrected chi connectivity index (χ1v) is 6.28. The molecule has 0 bridgehead atoms. The van der Waals surface area contributed by atoms with Gasteiger partial charge in [-0.3, -0.25) is 9.59 Å². The second-order valence-corrected chi connectivity index (χ2v) is 4.65. The number of hydrogen-bond donors (Lipinski definition) is 2. The van der Waals surface area contributed by atoms with Gasteiger partial charge in [-0.1, -0.05) is 6.07 Å². The number of amides is 1. The van der Waals surface area contributed by atoms with Crippen molar-refractivity contribution in [3.05, 3.63) is 34.3 Å². The molecule has 1 atom stereocenters. The lowest BCUT2D eigenvalue weighted by molar-refractivity contribution is -0.140. The zero-order valence-corrected chi connectivity index (χ0v) is 12.1. The molecule has 0 aromatic heterocycles. The molecule has 0 aliphatic heterocycles. The Morgan fingerprint density at radius 3 is 2.68 bits per heavy atom. The molecule has 0 heterocycles. The van der Waals surface area contributed by atoms with Crippen molar-refractivity contribution in [2.45, 2.75) is 13.0 Å². The summed E-state index contributed by atoms with van der Waals surface area (Å²) in [4.78, 5) is 22.0. The van der Waals surface area contributed by atoms with Gasteiger partial charge in [-0.05, 0) is 46.6 Å². The molecule has 0 aliphatic carbocycles. The number of nitrogens with one attached hydrogen (secondary N) is 1. The molecule has 102 valence electrons. The van der Waals surface area contributed by atoms with Gasteiger partial charge in [0.1, 0.15) is 11.8 Å². The van der Waals surface area contributed by atoms with Crippen LogP contribution in [0.15, 0.2) is 28.7 Å². The predicted octanol–water partition coefficient (Wildman–Crippen LogP) is 2.06. The van der Waals surface area contributed by atoms with Crippen molar-refractivity contribution in [3.63, 3.8) is 0 Å². The number of carboxylic acid groups (broad SMARTS) is 1. The minimum absolute atomic E-state index is 0.457. The molecule has 0 saturated heterocycles. The highest BCUT2D eigenvalue weighted by atomic mass is 79.9. The summed E-state index contributed by atoms with van der Waals surface area (Å²) in [6.45, 7) is 1.40. The Hall–Kier alpha value is -1.82. The van der Waals surface area contributed by atoms with Crippen LogP contribution in [-0.2, 0) is 9.59 Å². The number of halogens is 1. The lowest BCUT2D eigenvalue weighted by Crippen LogP contribution is -2.37. The summed E-state index contributed by atoms with van der Waals surface area (Å²) in [6.07, 6.45) is 2.88. The number of aliphatic carboxylic acids is 1. The minimum Gasteiger partial charge on any atom is -0.496 e. The van der Waals surface area contributed by atoms with Crippen LogP contribution < -0.4 is 10.1 Å². The Morgan fingerprint density at radius 1 is 1.47 bits per heavy atom. The van der Waals surface area contributed by atoms with Crippen LogP contribution >= 0.6 is 15.9 Å². The first-order valence-electron chi connectivity index (χ1n) is 5.49. The summed E-state index contributed by atoms with van der Waals surface area (Å²) in [5, 5.41) is 11.0. The number of ether oxygens (including phenoxy) is 1. The Labute approximate surface area is 119 Å². The monoisotopic (exact) mass is 327 g/mol. The van der Waals surface area contributed by atoms with Crippen LogP contribution in [-0.4, -0.2) is 30.1 Å². The maximum absolute atomic E-state index is 11.4. The highest BCUT2D eigenvalue weighted by Gasteiger charge is 2.11. The van der Waals surface area contributed by atoms with Crippen LogP contribution in [0.2, 0.25) is 0 Å². The van der Waals surface area contributed by atoms with Crippen LogP contribution in [0.5, 0.6) is 5.75 Å². The van der Waals surface area contributed by atoms with E-state index >= 15 is 0 Å². The second kappa shape index (κ2) is 6.94. The largest absolute Gasteiger partial charge is 0.496 e. The van der Waals surface area contributed by atoms with E-state index in [0.29, 0.717) is 5.75 Å². The lowest BCUT2D eigenvalue weighted by atomic mass is 10.2. The van der Waals surface area contributed by atoms with E-state index in [-0.39, 0.29) is 0 Å². The van der Waals surface area contributed by atoms with Gasteiger partial charge in [0.25, 0.3) is 0 Å².